The van der Waals surface area contributed by atoms with Gasteiger partial charge in [0, 0.05) is 12.8 Å². The number of hydrogen-bond donors (Lipinski definition) is 0. The normalized spacial score (nSPS) is 11.3. The van der Waals surface area contributed by atoms with Crippen molar-refractivity contribution in [3.8, 4) is 0 Å². The maximum Gasteiger partial charge on any atom is 0.305 e. The minimum atomic E-state index is -0.187. The number of unbranched alkanes of at least 4 members (excludes halogenated alkanes) is 14. The highest BCUT2D eigenvalue weighted by Gasteiger charge is 2.03. The molecule has 0 amide bonds. The van der Waals surface area contributed by atoms with E-state index in [1.807, 2.05) is 6.92 Å². The van der Waals surface area contributed by atoms with Gasteiger partial charge in [0.05, 0.1) is 79.3 Å². The van der Waals surface area contributed by atoms with E-state index in [1.54, 1.807) is 0 Å². The molecule has 0 saturated carbocycles. The lowest BCUT2D eigenvalue weighted by Crippen LogP contribution is -2.15. The third kappa shape index (κ3) is 38.9. The zero-order valence-electron chi connectivity index (χ0n) is 29.7. The SMILES string of the molecule is CCCCCCCCCCCCCCCCCC(=O)OCCOCCOCCOCCOCCOCCOCCOC(=O)CCC. The third-order valence-electron chi connectivity index (χ3n) is 7.28. The zero-order valence-corrected chi connectivity index (χ0v) is 29.7. The molecule has 0 N–H and O–H groups in total. The molecule has 0 rings (SSSR count). The first-order chi connectivity index (χ1) is 22.7. The van der Waals surface area contributed by atoms with Crippen LogP contribution in [0.2, 0.25) is 0 Å². The second-order valence-corrected chi connectivity index (χ2v) is 11.6. The molecule has 46 heavy (non-hydrogen) atoms. The summed E-state index contributed by atoms with van der Waals surface area (Å²) in [6.45, 7) is 10.3. The summed E-state index contributed by atoms with van der Waals surface area (Å²) in [6.07, 6.45) is 21.5. The number of carbonyl (C=O) groups is 2. The van der Waals surface area contributed by atoms with Gasteiger partial charge in [0.25, 0.3) is 0 Å². The van der Waals surface area contributed by atoms with Crippen LogP contribution in [0, 0.1) is 0 Å². The second-order valence-electron chi connectivity index (χ2n) is 11.6. The van der Waals surface area contributed by atoms with Crippen LogP contribution in [-0.2, 0) is 47.5 Å². The molecule has 0 fully saturated rings. The summed E-state index contributed by atoms with van der Waals surface area (Å²) in [5.41, 5.74) is 0. The quantitative estimate of drug-likeness (QED) is 0.0494. The van der Waals surface area contributed by atoms with Gasteiger partial charge in [-0.15, -0.1) is 0 Å². The van der Waals surface area contributed by atoms with Crippen molar-refractivity contribution in [1.82, 2.24) is 0 Å². The van der Waals surface area contributed by atoms with Gasteiger partial charge < -0.3 is 37.9 Å². The first-order valence-corrected chi connectivity index (χ1v) is 18.5. The summed E-state index contributed by atoms with van der Waals surface area (Å²) >= 11 is 0. The number of esters is 2. The molecule has 0 aromatic heterocycles. The van der Waals surface area contributed by atoms with E-state index in [9.17, 15) is 9.59 Å². The Balaban J connectivity index is 3.16. The van der Waals surface area contributed by atoms with Crippen LogP contribution in [0.5, 0.6) is 0 Å². The van der Waals surface area contributed by atoms with Crippen molar-refractivity contribution >= 4 is 11.9 Å². The molecule has 0 bridgehead atoms. The Morgan fingerprint density at radius 2 is 0.565 bits per heavy atom. The largest absolute Gasteiger partial charge is 0.463 e. The molecule has 0 aliphatic carbocycles. The van der Waals surface area contributed by atoms with Crippen molar-refractivity contribution in [3.05, 3.63) is 0 Å². The number of ether oxygens (including phenoxy) is 8. The minimum Gasteiger partial charge on any atom is -0.463 e. The lowest BCUT2D eigenvalue weighted by molar-refractivity contribution is -0.146. The molecule has 0 aliphatic rings. The fourth-order valence-corrected chi connectivity index (χ4v) is 4.62. The smallest absolute Gasteiger partial charge is 0.305 e. The van der Waals surface area contributed by atoms with Crippen molar-refractivity contribution in [2.75, 3.05) is 92.5 Å². The van der Waals surface area contributed by atoms with Crippen LogP contribution in [0.4, 0.5) is 0 Å². The predicted octanol–water partition coefficient (Wildman–Crippen LogP) is 7.23. The maximum absolute atomic E-state index is 11.9. The fourth-order valence-electron chi connectivity index (χ4n) is 4.62. The number of hydrogen-bond acceptors (Lipinski definition) is 10. The van der Waals surface area contributed by atoms with Gasteiger partial charge in [-0.2, -0.15) is 0 Å². The molecular formula is C36H70O10. The average Bonchev–Trinajstić information content (AvgIpc) is 3.05. The van der Waals surface area contributed by atoms with Crippen molar-refractivity contribution in [3.63, 3.8) is 0 Å². The Morgan fingerprint density at radius 3 is 0.870 bits per heavy atom. The van der Waals surface area contributed by atoms with Gasteiger partial charge in [0.1, 0.15) is 13.2 Å². The van der Waals surface area contributed by atoms with Gasteiger partial charge in [-0.1, -0.05) is 104 Å². The summed E-state index contributed by atoms with van der Waals surface area (Å²) in [5.74, 6) is -0.318. The minimum absolute atomic E-state index is 0.131. The van der Waals surface area contributed by atoms with Crippen LogP contribution in [0.3, 0.4) is 0 Å². The molecule has 0 unspecified atom stereocenters. The van der Waals surface area contributed by atoms with E-state index in [1.165, 1.54) is 83.5 Å². The topological polar surface area (TPSA) is 108 Å². The molecule has 10 heteroatoms. The first-order valence-electron chi connectivity index (χ1n) is 18.5. The van der Waals surface area contributed by atoms with Gasteiger partial charge in [-0.3, -0.25) is 9.59 Å². The maximum atomic E-state index is 11.9. The Labute approximate surface area is 281 Å². The van der Waals surface area contributed by atoms with Crippen LogP contribution >= 0.6 is 0 Å². The predicted molar refractivity (Wildman–Crippen MR) is 181 cm³/mol. The summed E-state index contributed by atoms with van der Waals surface area (Å²) < 4.78 is 42.8. The van der Waals surface area contributed by atoms with Crippen LogP contribution in [0.25, 0.3) is 0 Å². The van der Waals surface area contributed by atoms with E-state index in [-0.39, 0.29) is 25.2 Å². The Morgan fingerprint density at radius 1 is 0.304 bits per heavy atom. The van der Waals surface area contributed by atoms with Crippen LogP contribution in [0.15, 0.2) is 0 Å². The highest BCUT2D eigenvalue weighted by Crippen LogP contribution is 2.13. The molecule has 0 aromatic carbocycles. The van der Waals surface area contributed by atoms with E-state index in [4.69, 9.17) is 37.9 Å². The molecule has 10 nitrogen and oxygen atoms in total. The average molecular weight is 663 g/mol. The highest BCUT2D eigenvalue weighted by atomic mass is 16.6. The molecule has 274 valence electrons. The fraction of sp³-hybridized carbons (Fsp3) is 0.944. The standard InChI is InChI=1S/C36H70O10/c1-3-5-6-7-8-9-10-11-12-13-14-15-16-17-18-20-36(38)46-34-32-44-30-28-42-26-24-40-22-21-39-23-25-41-27-29-43-31-33-45-35(37)19-4-2/h3-34H2,1-2H3. The van der Waals surface area contributed by atoms with E-state index >= 15 is 0 Å². The lowest BCUT2D eigenvalue weighted by atomic mass is 10.0. The van der Waals surface area contributed by atoms with Gasteiger partial charge in [0.15, 0.2) is 0 Å². The molecular weight excluding hydrogens is 592 g/mol. The van der Waals surface area contributed by atoms with E-state index in [0.29, 0.717) is 92.1 Å². The summed E-state index contributed by atoms with van der Waals surface area (Å²) in [6, 6.07) is 0. The summed E-state index contributed by atoms with van der Waals surface area (Å²) in [5, 5.41) is 0. The van der Waals surface area contributed by atoms with Crippen LogP contribution in [0.1, 0.15) is 129 Å². The summed E-state index contributed by atoms with van der Waals surface area (Å²) in [4.78, 5) is 23.1. The van der Waals surface area contributed by atoms with Gasteiger partial charge >= 0.3 is 11.9 Å². The monoisotopic (exact) mass is 662 g/mol. The number of carbonyl (C=O) groups excluding carboxylic acids is 2. The molecule has 0 saturated heterocycles. The van der Waals surface area contributed by atoms with Crippen molar-refractivity contribution in [1.29, 1.82) is 0 Å². The van der Waals surface area contributed by atoms with E-state index in [0.717, 1.165) is 19.3 Å². The van der Waals surface area contributed by atoms with E-state index in [2.05, 4.69) is 6.92 Å². The van der Waals surface area contributed by atoms with Crippen molar-refractivity contribution < 1.29 is 47.5 Å². The lowest BCUT2D eigenvalue weighted by Gasteiger charge is -2.09. The molecule has 0 aliphatic heterocycles. The number of rotatable bonds is 39. The van der Waals surface area contributed by atoms with Gasteiger partial charge in [0.2, 0.25) is 0 Å². The molecule has 0 radical (unpaired) electrons. The van der Waals surface area contributed by atoms with Gasteiger partial charge in [-0.25, -0.2) is 0 Å². The van der Waals surface area contributed by atoms with Crippen molar-refractivity contribution in [2.45, 2.75) is 129 Å². The molecule has 0 atom stereocenters. The highest BCUT2D eigenvalue weighted by molar-refractivity contribution is 5.69. The Kier molecular flexibility index (Phi) is 38.8. The Hall–Kier alpha value is -1.30. The second kappa shape index (κ2) is 39.9. The van der Waals surface area contributed by atoms with Crippen LogP contribution < -0.4 is 0 Å². The molecule has 0 aromatic rings. The summed E-state index contributed by atoms with van der Waals surface area (Å²) in [7, 11) is 0. The van der Waals surface area contributed by atoms with Crippen molar-refractivity contribution in [2.24, 2.45) is 0 Å². The van der Waals surface area contributed by atoms with E-state index < -0.39 is 0 Å². The third-order valence-corrected chi connectivity index (χ3v) is 7.28. The Bertz CT molecular complexity index is 620. The van der Waals surface area contributed by atoms with Crippen LogP contribution in [-0.4, -0.2) is 104 Å². The first kappa shape index (κ1) is 44.7. The molecule has 0 heterocycles. The molecule has 0 spiro atoms. The zero-order chi connectivity index (χ0) is 33.4. The van der Waals surface area contributed by atoms with Gasteiger partial charge in [-0.05, 0) is 12.8 Å².